The fraction of sp³-hybridized carbons (Fsp3) is 0.917. The van der Waals surface area contributed by atoms with E-state index in [9.17, 15) is 0 Å². The second-order valence-corrected chi connectivity index (χ2v) is 7.35. The van der Waals surface area contributed by atoms with Crippen molar-refractivity contribution in [3.8, 4) is 0 Å². The van der Waals surface area contributed by atoms with Gasteiger partial charge in [-0.15, -0.1) is 0 Å². The van der Waals surface area contributed by atoms with Gasteiger partial charge in [-0.05, 0) is 39.9 Å². The molecule has 0 saturated heterocycles. The topological polar surface area (TPSA) is 43.3 Å². The first-order chi connectivity index (χ1) is 8.53. The minimum absolute atomic E-state index is 0.502. The molecule has 0 aliphatic rings. The molecular weight excluding hydrogens is 248 g/mol. The standard InChI is InChI=1S/C12H28N2O3Si/c1-7-12(9-8-10-14(2)3)13-11-18(15-4,16-5)17-6/h7-11H2,1-6H3. The lowest BCUT2D eigenvalue weighted by Crippen LogP contribution is -2.46. The lowest BCUT2D eigenvalue weighted by Gasteiger charge is -2.22. The van der Waals surface area contributed by atoms with Crippen molar-refractivity contribution in [3.63, 3.8) is 0 Å². The van der Waals surface area contributed by atoms with Crippen molar-refractivity contribution in [1.29, 1.82) is 0 Å². The summed E-state index contributed by atoms with van der Waals surface area (Å²) < 4.78 is 16.1. The van der Waals surface area contributed by atoms with Crippen LogP contribution < -0.4 is 0 Å². The molecule has 0 saturated carbocycles. The van der Waals surface area contributed by atoms with Crippen LogP contribution in [0.3, 0.4) is 0 Å². The van der Waals surface area contributed by atoms with Gasteiger partial charge < -0.3 is 18.2 Å². The van der Waals surface area contributed by atoms with E-state index in [0.717, 1.165) is 25.8 Å². The van der Waals surface area contributed by atoms with Gasteiger partial charge in [-0.1, -0.05) is 6.92 Å². The van der Waals surface area contributed by atoms with Gasteiger partial charge in [-0.3, -0.25) is 4.99 Å². The zero-order valence-corrected chi connectivity index (χ0v) is 13.7. The van der Waals surface area contributed by atoms with Crippen LogP contribution in [-0.4, -0.2) is 67.6 Å². The Morgan fingerprint density at radius 3 is 2.06 bits per heavy atom. The maximum atomic E-state index is 5.35. The van der Waals surface area contributed by atoms with E-state index in [1.54, 1.807) is 21.3 Å². The van der Waals surface area contributed by atoms with E-state index in [2.05, 4.69) is 30.9 Å². The Balaban J connectivity index is 4.32. The maximum Gasteiger partial charge on any atom is 0.522 e. The number of rotatable bonds is 10. The van der Waals surface area contributed by atoms with Crippen LogP contribution in [0, 0.1) is 0 Å². The Morgan fingerprint density at radius 1 is 1.11 bits per heavy atom. The highest BCUT2D eigenvalue weighted by atomic mass is 28.4. The van der Waals surface area contributed by atoms with Crippen LogP contribution in [0.25, 0.3) is 0 Å². The molecule has 0 bridgehead atoms. The molecule has 0 aromatic carbocycles. The second-order valence-electron chi connectivity index (χ2n) is 4.44. The minimum Gasteiger partial charge on any atom is -0.376 e. The number of aliphatic imine (C=N–C) groups is 1. The maximum absolute atomic E-state index is 5.35. The SMILES string of the molecule is CCC(CCCN(C)C)=NC[Si](OC)(OC)OC. The molecule has 0 amide bonds. The monoisotopic (exact) mass is 276 g/mol. The molecule has 0 aliphatic heterocycles. The molecule has 0 rings (SSSR count). The van der Waals surface area contributed by atoms with Crippen molar-refractivity contribution in [1.82, 2.24) is 4.90 Å². The Bertz CT molecular complexity index is 235. The van der Waals surface area contributed by atoms with Crippen molar-refractivity contribution < 1.29 is 13.3 Å². The fourth-order valence-corrected chi connectivity index (χ4v) is 2.92. The molecule has 108 valence electrons. The molecule has 0 atom stereocenters. The normalized spacial score (nSPS) is 13.4. The van der Waals surface area contributed by atoms with E-state index in [4.69, 9.17) is 13.3 Å². The van der Waals surface area contributed by atoms with Gasteiger partial charge in [0.15, 0.2) is 0 Å². The smallest absolute Gasteiger partial charge is 0.376 e. The molecule has 5 nitrogen and oxygen atoms in total. The Hall–Kier alpha value is -0.273. The quantitative estimate of drug-likeness (QED) is 0.449. The van der Waals surface area contributed by atoms with Crippen LogP contribution in [0.2, 0.25) is 0 Å². The van der Waals surface area contributed by atoms with Gasteiger partial charge in [0.05, 0.1) is 0 Å². The van der Waals surface area contributed by atoms with Gasteiger partial charge >= 0.3 is 8.80 Å². The molecule has 6 heteroatoms. The van der Waals surface area contributed by atoms with E-state index < -0.39 is 8.80 Å². The van der Waals surface area contributed by atoms with E-state index in [1.807, 2.05) is 0 Å². The Labute approximate surface area is 113 Å². The van der Waals surface area contributed by atoms with Crippen LogP contribution >= 0.6 is 0 Å². The average molecular weight is 276 g/mol. The first-order valence-electron chi connectivity index (χ1n) is 6.36. The fourth-order valence-electron chi connectivity index (χ4n) is 1.62. The predicted molar refractivity (Wildman–Crippen MR) is 77.2 cm³/mol. The van der Waals surface area contributed by atoms with E-state index in [-0.39, 0.29) is 0 Å². The summed E-state index contributed by atoms with van der Waals surface area (Å²) in [5.74, 6) is 0. The summed E-state index contributed by atoms with van der Waals surface area (Å²) in [6.45, 7) is 3.21. The van der Waals surface area contributed by atoms with E-state index in [0.29, 0.717) is 6.17 Å². The van der Waals surface area contributed by atoms with Crippen LogP contribution in [0.5, 0.6) is 0 Å². The molecule has 0 N–H and O–H groups in total. The Kier molecular flexibility index (Phi) is 9.48. The van der Waals surface area contributed by atoms with Gasteiger partial charge in [0.1, 0.15) is 6.17 Å². The van der Waals surface area contributed by atoms with Crippen molar-refractivity contribution in [2.75, 3.05) is 48.1 Å². The van der Waals surface area contributed by atoms with Crippen molar-refractivity contribution >= 4 is 14.5 Å². The summed E-state index contributed by atoms with van der Waals surface area (Å²) >= 11 is 0. The molecule has 0 unspecified atom stereocenters. The van der Waals surface area contributed by atoms with Gasteiger partial charge in [0.25, 0.3) is 0 Å². The summed E-state index contributed by atoms with van der Waals surface area (Å²) in [5.41, 5.74) is 1.21. The highest BCUT2D eigenvalue weighted by Gasteiger charge is 2.37. The zero-order chi connectivity index (χ0) is 14.0. The molecule has 0 spiro atoms. The Morgan fingerprint density at radius 2 is 1.67 bits per heavy atom. The van der Waals surface area contributed by atoms with Crippen molar-refractivity contribution in [3.05, 3.63) is 0 Å². The van der Waals surface area contributed by atoms with E-state index in [1.165, 1.54) is 5.71 Å². The third-order valence-electron chi connectivity index (χ3n) is 2.91. The van der Waals surface area contributed by atoms with Crippen LogP contribution in [0.15, 0.2) is 4.99 Å². The first kappa shape index (κ1) is 17.7. The molecule has 0 aromatic heterocycles. The summed E-state index contributed by atoms with van der Waals surface area (Å²) in [6, 6.07) is 0. The van der Waals surface area contributed by atoms with Gasteiger partial charge in [-0.25, -0.2) is 0 Å². The molecular formula is C12H28N2O3Si. The zero-order valence-electron chi connectivity index (χ0n) is 12.7. The second kappa shape index (κ2) is 9.63. The summed E-state index contributed by atoms with van der Waals surface area (Å²) in [4.78, 5) is 6.80. The van der Waals surface area contributed by atoms with Crippen molar-refractivity contribution in [2.45, 2.75) is 26.2 Å². The van der Waals surface area contributed by atoms with Crippen LogP contribution in [-0.2, 0) is 13.3 Å². The molecule has 18 heavy (non-hydrogen) atoms. The van der Waals surface area contributed by atoms with Gasteiger partial charge in [0, 0.05) is 27.0 Å². The van der Waals surface area contributed by atoms with Crippen molar-refractivity contribution in [2.24, 2.45) is 4.99 Å². The van der Waals surface area contributed by atoms with Crippen LogP contribution in [0.1, 0.15) is 26.2 Å². The van der Waals surface area contributed by atoms with Crippen LogP contribution in [0.4, 0.5) is 0 Å². The summed E-state index contributed by atoms with van der Waals surface area (Å²) in [5, 5.41) is 0. The lowest BCUT2D eigenvalue weighted by atomic mass is 10.1. The number of hydrogen-bond acceptors (Lipinski definition) is 5. The molecule has 0 aromatic rings. The first-order valence-corrected chi connectivity index (χ1v) is 8.29. The number of hydrogen-bond donors (Lipinski definition) is 0. The molecule has 0 aliphatic carbocycles. The predicted octanol–water partition coefficient (Wildman–Crippen LogP) is 1.60. The van der Waals surface area contributed by atoms with Gasteiger partial charge in [-0.2, -0.15) is 0 Å². The summed E-state index contributed by atoms with van der Waals surface area (Å²) in [7, 11) is 6.47. The van der Waals surface area contributed by atoms with E-state index >= 15 is 0 Å². The molecule has 0 radical (unpaired) electrons. The highest BCUT2D eigenvalue weighted by Crippen LogP contribution is 2.08. The lowest BCUT2D eigenvalue weighted by molar-refractivity contribution is 0.125. The summed E-state index contributed by atoms with van der Waals surface area (Å²) in [6.07, 6.45) is 3.62. The average Bonchev–Trinajstić information content (AvgIpc) is 2.38. The number of nitrogens with zero attached hydrogens (tertiary/aromatic N) is 2. The third-order valence-corrected chi connectivity index (χ3v) is 5.32. The minimum atomic E-state index is -2.56. The largest absolute Gasteiger partial charge is 0.522 e. The molecule has 0 fully saturated rings. The molecule has 0 heterocycles. The van der Waals surface area contributed by atoms with Gasteiger partial charge in [0.2, 0.25) is 0 Å². The highest BCUT2D eigenvalue weighted by molar-refractivity contribution is 6.61. The third kappa shape index (κ3) is 6.60.